The first-order chi connectivity index (χ1) is 19.2. The van der Waals surface area contributed by atoms with Crippen LogP contribution >= 0.6 is 0 Å². The van der Waals surface area contributed by atoms with Crippen LogP contribution in [-0.2, 0) is 32.2 Å². The molecule has 14 heteroatoms. The number of aryl methyl sites for hydroxylation is 1. The molecule has 0 fully saturated rings. The van der Waals surface area contributed by atoms with Crippen molar-refractivity contribution in [2.75, 3.05) is 19.6 Å². The highest BCUT2D eigenvalue weighted by molar-refractivity contribution is 5.81. The number of carboxylic acid groups (broad SMARTS) is 1. The smallest absolute Gasteiger partial charge is 0.407 e. The van der Waals surface area contributed by atoms with E-state index in [-0.39, 0.29) is 31.7 Å². The Balaban J connectivity index is 2.06. The van der Waals surface area contributed by atoms with Gasteiger partial charge >= 0.3 is 23.8 Å². The van der Waals surface area contributed by atoms with E-state index in [1.165, 1.54) is 13.1 Å². The van der Waals surface area contributed by atoms with Crippen LogP contribution in [0.25, 0.3) is 0 Å². The Labute approximate surface area is 236 Å². The molecule has 2 aromatic rings. The number of aliphatic carboxylic acids is 1. The molecule has 0 radical (unpaired) electrons. The van der Waals surface area contributed by atoms with Crippen LogP contribution in [0.3, 0.4) is 0 Å². The summed E-state index contributed by atoms with van der Waals surface area (Å²) in [6, 6.07) is 8.38. The number of H-pyrrole nitrogens is 1. The van der Waals surface area contributed by atoms with Gasteiger partial charge in [-0.15, -0.1) is 0 Å². The summed E-state index contributed by atoms with van der Waals surface area (Å²) >= 11 is 0. The van der Waals surface area contributed by atoms with Gasteiger partial charge in [0.2, 0.25) is 5.91 Å². The molecule has 3 amide bonds. The van der Waals surface area contributed by atoms with Crippen LogP contribution in [0.2, 0.25) is 0 Å². The number of benzene rings is 1. The maximum atomic E-state index is 13.0. The van der Waals surface area contributed by atoms with Crippen molar-refractivity contribution >= 4 is 24.1 Å². The van der Waals surface area contributed by atoms with Crippen LogP contribution < -0.4 is 21.9 Å². The van der Waals surface area contributed by atoms with E-state index in [1.54, 1.807) is 20.8 Å². The minimum atomic E-state index is -1.30. The molecule has 4 N–H and O–H groups in total. The molecule has 0 aliphatic rings. The highest BCUT2D eigenvalue weighted by atomic mass is 16.6. The van der Waals surface area contributed by atoms with Gasteiger partial charge in [0.25, 0.3) is 5.56 Å². The van der Waals surface area contributed by atoms with Crippen LogP contribution in [0.5, 0.6) is 0 Å². The van der Waals surface area contributed by atoms with Gasteiger partial charge in [-0.25, -0.2) is 14.4 Å². The topological polar surface area (TPSA) is 189 Å². The fourth-order valence-electron chi connectivity index (χ4n) is 3.66. The van der Waals surface area contributed by atoms with E-state index in [4.69, 9.17) is 9.47 Å². The predicted octanol–water partition coefficient (Wildman–Crippen LogP) is 1.36. The van der Waals surface area contributed by atoms with Gasteiger partial charge in [0.05, 0.1) is 0 Å². The maximum Gasteiger partial charge on any atom is 0.407 e. The van der Waals surface area contributed by atoms with Crippen molar-refractivity contribution in [1.82, 2.24) is 25.1 Å². The fourth-order valence-corrected chi connectivity index (χ4v) is 3.66. The average Bonchev–Trinajstić information content (AvgIpc) is 2.87. The molecule has 41 heavy (non-hydrogen) atoms. The molecule has 0 saturated heterocycles. The minimum Gasteiger partial charge on any atom is -0.480 e. The molecule has 1 atom stereocenters. The number of carboxylic acids is 1. The maximum absolute atomic E-state index is 13.0. The monoisotopic (exact) mass is 575 g/mol. The minimum absolute atomic E-state index is 0.0969. The number of rotatable bonds is 13. The first kappa shape index (κ1) is 32.6. The van der Waals surface area contributed by atoms with E-state index in [2.05, 4.69) is 15.6 Å². The second-order valence-electron chi connectivity index (χ2n) is 10.3. The van der Waals surface area contributed by atoms with Gasteiger partial charge in [0.1, 0.15) is 25.3 Å². The van der Waals surface area contributed by atoms with E-state index >= 15 is 0 Å². The van der Waals surface area contributed by atoms with Gasteiger partial charge in [-0.1, -0.05) is 30.3 Å². The normalized spacial score (nSPS) is 11.7. The van der Waals surface area contributed by atoms with E-state index in [9.17, 15) is 33.9 Å². The molecule has 0 aliphatic heterocycles. The molecule has 0 spiro atoms. The third-order valence-electron chi connectivity index (χ3n) is 5.55. The molecule has 0 saturated carbocycles. The highest BCUT2D eigenvalue weighted by Gasteiger charge is 2.25. The molecular formula is C27H37N5O9. The van der Waals surface area contributed by atoms with E-state index in [0.29, 0.717) is 6.42 Å². The fraction of sp³-hybridized carbons (Fsp3) is 0.481. The van der Waals surface area contributed by atoms with Gasteiger partial charge in [0.15, 0.2) is 0 Å². The second kappa shape index (κ2) is 15.2. The molecule has 1 aromatic carbocycles. The number of hydrogen-bond donors (Lipinski definition) is 4. The van der Waals surface area contributed by atoms with Crippen molar-refractivity contribution in [3.8, 4) is 0 Å². The van der Waals surface area contributed by atoms with Crippen LogP contribution in [0.1, 0.15) is 44.7 Å². The lowest BCUT2D eigenvalue weighted by Crippen LogP contribution is -2.50. The number of carbonyl (C=O) groups excluding carboxylic acids is 3. The third kappa shape index (κ3) is 12.4. The zero-order chi connectivity index (χ0) is 30.6. The SMILES string of the molecule is Cc1cn(CC(=O)N(CC(=O)O)C[C@H](CCCNC(=O)OCc2ccccc2)NC(=O)OC(C)(C)C)c(=O)[nH]c1=O. The molecule has 14 nitrogen and oxygen atoms in total. The Morgan fingerprint density at radius 2 is 1.78 bits per heavy atom. The van der Waals surface area contributed by atoms with Crippen LogP contribution in [-0.4, -0.2) is 74.9 Å². The zero-order valence-electron chi connectivity index (χ0n) is 23.6. The number of aromatic amines is 1. The number of carbonyl (C=O) groups is 4. The molecule has 2 rings (SSSR count). The molecule has 0 aliphatic carbocycles. The van der Waals surface area contributed by atoms with Gasteiger partial charge in [0, 0.05) is 30.9 Å². The number of nitrogens with one attached hydrogen (secondary N) is 3. The van der Waals surface area contributed by atoms with Crippen LogP contribution in [0.4, 0.5) is 9.59 Å². The van der Waals surface area contributed by atoms with Crippen LogP contribution in [0, 0.1) is 6.92 Å². The summed E-state index contributed by atoms with van der Waals surface area (Å²) < 4.78 is 11.4. The lowest BCUT2D eigenvalue weighted by atomic mass is 10.1. The Bertz CT molecular complexity index is 1310. The summed E-state index contributed by atoms with van der Waals surface area (Å²) in [5.41, 5.74) is -1.20. The zero-order valence-corrected chi connectivity index (χ0v) is 23.6. The summed E-state index contributed by atoms with van der Waals surface area (Å²) in [6.45, 7) is 5.31. The van der Waals surface area contributed by atoms with Crippen molar-refractivity contribution in [3.05, 3.63) is 68.5 Å². The number of nitrogens with zero attached hydrogens (tertiary/aromatic N) is 2. The van der Waals surface area contributed by atoms with E-state index in [1.807, 2.05) is 30.3 Å². The lowest BCUT2D eigenvalue weighted by Gasteiger charge is -2.28. The number of ether oxygens (including phenoxy) is 2. The molecule has 1 aromatic heterocycles. The first-order valence-corrected chi connectivity index (χ1v) is 13.0. The van der Waals surface area contributed by atoms with E-state index < -0.39 is 60.0 Å². The van der Waals surface area contributed by atoms with Crippen molar-refractivity contribution in [1.29, 1.82) is 0 Å². The highest BCUT2D eigenvalue weighted by Crippen LogP contribution is 2.09. The lowest BCUT2D eigenvalue weighted by molar-refractivity contribution is -0.145. The van der Waals surface area contributed by atoms with Crippen molar-refractivity contribution in [2.24, 2.45) is 0 Å². The van der Waals surface area contributed by atoms with Gasteiger partial charge in [-0.3, -0.25) is 23.9 Å². The quantitative estimate of drug-likeness (QED) is 0.256. The molecule has 0 bridgehead atoms. The third-order valence-corrected chi connectivity index (χ3v) is 5.55. The summed E-state index contributed by atoms with van der Waals surface area (Å²) in [5, 5.41) is 14.7. The Morgan fingerprint density at radius 3 is 2.41 bits per heavy atom. The number of hydrogen-bond acceptors (Lipinski definition) is 8. The number of alkyl carbamates (subject to hydrolysis) is 2. The van der Waals surface area contributed by atoms with Crippen molar-refractivity contribution in [2.45, 2.75) is 65.3 Å². The van der Waals surface area contributed by atoms with Gasteiger partial charge in [-0.2, -0.15) is 0 Å². The summed E-state index contributed by atoms with van der Waals surface area (Å²) in [5.74, 6) is -2.03. The summed E-state index contributed by atoms with van der Waals surface area (Å²) in [7, 11) is 0. The van der Waals surface area contributed by atoms with Crippen LogP contribution in [0.15, 0.2) is 46.1 Å². The summed E-state index contributed by atoms with van der Waals surface area (Å²) in [4.78, 5) is 76.0. The second-order valence-corrected chi connectivity index (χ2v) is 10.3. The molecule has 0 unspecified atom stereocenters. The Kier molecular flexibility index (Phi) is 12.1. The molecule has 1 heterocycles. The summed E-state index contributed by atoms with van der Waals surface area (Å²) in [6.07, 6.45) is 0.382. The number of amides is 3. The number of aromatic nitrogens is 2. The van der Waals surface area contributed by atoms with E-state index in [0.717, 1.165) is 15.0 Å². The standard InChI is InChI=1S/C27H37N5O9/c1-18-13-32(24(37)30-23(18)36)15-21(33)31(16-22(34)35)14-20(29-26(39)41-27(2,3)4)11-8-12-28-25(38)40-17-19-9-6-5-7-10-19/h5-7,9-10,13,20H,8,11-12,14-17H2,1-4H3,(H,28,38)(H,29,39)(H,34,35)(H,30,36,37)/t20-/m0/s1. The average molecular weight is 576 g/mol. The molecular weight excluding hydrogens is 538 g/mol. The predicted molar refractivity (Wildman–Crippen MR) is 147 cm³/mol. The Hall–Kier alpha value is -4.62. The van der Waals surface area contributed by atoms with Gasteiger partial charge < -0.3 is 30.1 Å². The largest absolute Gasteiger partial charge is 0.480 e. The van der Waals surface area contributed by atoms with Crippen molar-refractivity contribution < 1.29 is 33.8 Å². The van der Waals surface area contributed by atoms with Gasteiger partial charge in [-0.05, 0) is 46.1 Å². The first-order valence-electron chi connectivity index (χ1n) is 13.0. The molecule has 224 valence electrons. The van der Waals surface area contributed by atoms with Crippen molar-refractivity contribution in [3.63, 3.8) is 0 Å². The Morgan fingerprint density at radius 1 is 1.10 bits per heavy atom.